The molecule has 0 aliphatic carbocycles. The maximum absolute atomic E-state index is 12.8. The Bertz CT molecular complexity index is 1300. The molecule has 0 aliphatic heterocycles. The van der Waals surface area contributed by atoms with Gasteiger partial charge in [-0.1, -0.05) is 260 Å². The molecule has 0 radical (unpaired) electrons. The summed E-state index contributed by atoms with van der Waals surface area (Å²) in [5.41, 5.74) is 0. The first kappa shape index (κ1) is 63.6. The molecular formula is C61H104O6. The van der Waals surface area contributed by atoms with Crippen LogP contribution in [-0.2, 0) is 28.6 Å². The molecule has 1 unspecified atom stereocenters. The fraction of sp³-hybridized carbons (Fsp3) is 0.721. The second-order valence-corrected chi connectivity index (χ2v) is 18.5. The standard InChI is InChI=1S/C61H104O6/c1-4-7-10-13-16-19-22-25-27-28-29-30-31-32-34-36-39-42-45-48-51-54-60(63)66-57-58(56-65-59(62)53-50-47-44-41-38-35-24-21-18-15-12-9-6-3)67-61(64)55-52-49-46-43-40-37-33-26-23-20-17-14-11-8-5-2/h8,11-12,15,17,20-21,24,26,33,40,43,49,52,58H,4-7,9-10,13-14,16,18-19,22-23,25,27-32,34-39,41-42,44-48,50-51,53-57H2,1-3H3/b11-8-,15-12-,20-17-,24-21-,33-26-,43-40-,52-49-. The number of carbonyl (C=O) groups is 3. The van der Waals surface area contributed by atoms with Gasteiger partial charge in [-0.25, -0.2) is 0 Å². The minimum Gasteiger partial charge on any atom is -0.462 e. The van der Waals surface area contributed by atoms with Gasteiger partial charge in [0.1, 0.15) is 13.2 Å². The van der Waals surface area contributed by atoms with E-state index in [1.807, 2.05) is 6.08 Å². The summed E-state index contributed by atoms with van der Waals surface area (Å²) < 4.78 is 16.7. The van der Waals surface area contributed by atoms with Crippen molar-refractivity contribution in [2.75, 3.05) is 13.2 Å². The SMILES string of the molecule is CC/C=C\C/C=C\C/C=C\C/C=C\C/C=C\CC(=O)OC(COC(=O)CCCCCCC/C=C\C/C=C\CCC)COC(=O)CCCCCCCCCCCCCCCCCCCCCCC. The van der Waals surface area contributed by atoms with Gasteiger partial charge in [0.05, 0.1) is 6.42 Å². The molecule has 0 aromatic heterocycles. The van der Waals surface area contributed by atoms with Crippen LogP contribution in [0.3, 0.4) is 0 Å². The Labute approximate surface area is 414 Å². The van der Waals surface area contributed by atoms with Crippen LogP contribution in [0.25, 0.3) is 0 Å². The van der Waals surface area contributed by atoms with Crippen molar-refractivity contribution in [1.82, 2.24) is 0 Å². The molecule has 6 heteroatoms. The fourth-order valence-electron chi connectivity index (χ4n) is 7.73. The molecule has 0 heterocycles. The lowest BCUT2D eigenvalue weighted by Crippen LogP contribution is -2.30. The third-order valence-corrected chi connectivity index (χ3v) is 11.9. The molecule has 0 fully saturated rings. The van der Waals surface area contributed by atoms with E-state index >= 15 is 0 Å². The molecule has 0 aromatic carbocycles. The van der Waals surface area contributed by atoms with Crippen LogP contribution in [0, 0.1) is 0 Å². The largest absolute Gasteiger partial charge is 0.462 e. The molecule has 0 amide bonds. The van der Waals surface area contributed by atoms with Crippen molar-refractivity contribution in [3.63, 3.8) is 0 Å². The molecule has 0 aromatic rings. The smallest absolute Gasteiger partial charge is 0.310 e. The molecule has 0 spiro atoms. The number of hydrogen-bond acceptors (Lipinski definition) is 6. The number of unbranched alkanes of at least 4 members (excludes halogenated alkanes) is 26. The van der Waals surface area contributed by atoms with Crippen LogP contribution in [0.5, 0.6) is 0 Å². The Balaban J connectivity index is 4.41. The third kappa shape index (κ3) is 53.4. The summed E-state index contributed by atoms with van der Waals surface area (Å²) in [7, 11) is 0. The average molecular weight is 933 g/mol. The molecule has 67 heavy (non-hydrogen) atoms. The lowest BCUT2D eigenvalue weighted by molar-refractivity contribution is -0.166. The van der Waals surface area contributed by atoms with Crippen molar-refractivity contribution in [3.05, 3.63) is 85.1 Å². The minimum absolute atomic E-state index is 0.0944. The van der Waals surface area contributed by atoms with Gasteiger partial charge in [-0.3, -0.25) is 14.4 Å². The minimum atomic E-state index is -0.835. The van der Waals surface area contributed by atoms with Crippen LogP contribution in [0.2, 0.25) is 0 Å². The van der Waals surface area contributed by atoms with Crippen molar-refractivity contribution in [2.45, 2.75) is 271 Å². The van der Waals surface area contributed by atoms with Gasteiger partial charge in [-0.05, 0) is 70.6 Å². The summed E-state index contributed by atoms with van der Waals surface area (Å²) in [6, 6.07) is 0. The molecular weight excluding hydrogens is 829 g/mol. The summed E-state index contributed by atoms with van der Waals surface area (Å²) in [4.78, 5) is 38.0. The van der Waals surface area contributed by atoms with Crippen LogP contribution in [0.1, 0.15) is 265 Å². The zero-order valence-corrected chi connectivity index (χ0v) is 43.9. The van der Waals surface area contributed by atoms with Gasteiger partial charge in [0.15, 0.2) is 6.10 Å². The Morgan fingerprint density at radius 3 is 1.04 bits per heavy atom. The molecule has 0 saturated heterocycles. The van der Waals surface area contributed by atoms with Gasteiger partial charge in [0, 0.05) is 12.8 Å². The highest BCUT2D eigenvalue weighted by molar-refractivity contribution is 5.72. The van der Waals surface area contributed by atoms with Gasteiger partial charge in [0.2, 0.25) is 0 Å². The van der Waals surface area contributed by atoms with Crippen molar-refractivity contribution in [3.8, 4) is 0 Å². The maximum Gasteiger partial charge on any atom is 0.310 e. The maximum atomic E-state index is 12.8. The summed E-state index contributed by atoms with van der Waals surface area (Å²) in [6.45, 7) is 6.38. The number of carbonyl (C=O) groups excluding carboxylic acids is 3. The summed E-state index contributed by atoms with van der Waals surface area (Å²) >= 11 is 0. The first-order valence-corrected chi connectivity index (χ1v) is 28.1. The molecule has 0 aliphatic rings. The monoisotopic (exact) mass is 933 g/mol. The summed E-state index contributed by atoms with van der Waals surface area (Å²) in [6.07, 6.45) is 71.8. The average Bonchev–Trinajstić information content (AvgIpc) is 3.33. The Morgan fingerprint density at radius 1 is 0.328 bits per heavy atom. The predicted octanol–water partition coefficient (Wildman–Crippen LogP) is 18.8. The van der Waals surface area contributed by atoms with E-state index in [1.165, 1.54) is 122 Å². The zero-order chi connectivity index (χ0) is 48.6. The van der Waals surface area contributed by atoms with Gasteiger partial charge in [-0.2, -0.15) is 0 Å². The van der Waals surface area contributed by atoms with Crippen LogP contribution >= 0.6 is 0 Å². The van der Waals surface area contributed by atoms with E-state index in [2.05, 4.69) is 93.7 Å². The molecule has 0 saturated carbocycles. The Kier molecular flexibility index (Phi) is 52.4. The molecule has 0 N–H and O–H groups in total. The zero-order valence-electron chi connectivity index (χ0n) is 43.9. The van der Waals surface area contributed by atoms with Crippen molar-refractivity contribution in [2.24, 2.45) is 0 Å². The van der Waals surface area contributed by atoms with E-state index in [1.54, 1.807) is 6.08 Å². The normalized spacial score (nSPS) is 12.7. The van der Waals surface area contributed by atoms with E-state index in [9.17, 15) is 14.4 Å². The van der Waals surface area contributed by atoms with Crippen LogP contribution in [0.4, 0.5) is 0 Å². The van der Waals surface area contributed by atoms with E-state index in [0.717, 1.165) is 103 Å². The number of esters is 3. The third-order valence-electron chi connectivity index (χ3n) is 11.9. The summed E-state index contributed by atoms with van der Waals surface area (Å²) in [5, 5.41) is 0. The lowest BCUT2D eigenvalue weighted by atomic mass is 10.0. The van der Waals surface area contributed by atoms with Gasteiger partial charge < -0.3 is 14.2 Å². The highest BCUT2D eigenvalue weighted by atomic mass is 16.6. The number of allylic oxidation sites excluding steroid dienone is 13. The quantitative estimate of drug-likeness (QED) is 0.0262. The van der Waals surface area contributed by atoms with Gasteiger partial charge >= 0.3 is 17.9 Å². The highest BCUT2D eigenvalue weighted by Gasteiger charge is 2.19. The van der Waals surface area contributed by atoms with E-state index in [4.69, 9.17) is 14.2 Å². The highest BCUT2D eigenvalue weighted by Crippen LogP contribution is 2.16. The van der Waals surface area contributed by atoms with E-state index in [0.29, 0.717) is 12.8 Å². The second kappa shape index (κ2) is 55.2. The topological polar surface area (TPSA) is 78.9 Å². The predicted molar refractivity (Wildman–Crippen MR) is 288 cm³/mol. The van der Waals surface area contributed by atoms with Crippen LogP contribution in [0.15, 0.2) is 85.1 Å². The summed E-state index contributed by atoms with van der Waals surface area (Å²) in [5.74, 6) is -1.06. The second-order valence-electron chi connectivity index (χ2n) is 18.5. The molecule has 384 valence electrons. The molecule has 0 bridgehead atoms. The number of ether oxygens (including phenoxy) is 3. The Morgan fingerprint density at radius 2 is 0.657 bits per heavy atom. The van der Waals surface area contributed by atoms with Gasteiger partial charge in [-0.15, -0.1) is 0 Å². The molecule has 0 rings (SSSR count). The van der Waals surface area contributed by atoms with Crippen molar-refractivity contribution in [1.29, 1.82) is 0 Å². The first-order chi connectivity index (χ1) is 33.0. The lowest BCUT2D eigenvalue weighted by Gasteiger charge is -2.18. The molecule has 1 atom stereocenters. The van der Waals surface area contributed by atoms with E-state index < -0.39 is 12.1 Å². The van der Waals surface area contributed by atoms with Crippen molar-refractivity contribution >= 4 is 17.9 Å². The number of hydrogen-bond donors (Lipinski definition) is 0. The van der Waals surface area contributed by atoms with Crippen molar-refractivity contribution < 1.29 is 28.6 Å². The fourth-order valence-corrected chi connectivity index (χ4v) is 7.73. The van der Waals surface area contributed by atoms with Crippen LogP contribution < -0.4 is 0 Å². The van der Waals surface area contributed by atoms with Crippen LogP contribution in [-0.4, -0.2) is 37.2 Å². The Hall–Kier alpha value is -3.41. The molecule has 6 nitrogen and oxygen atoms in total. The first-order valence-electron chi connectivity index (χ1n) is 28.1. The van der Waals surface area contributed by atoms with E-state index in [-0.39, 0.29) is 31.6 Å². The van der Waals surface area contributed by atoms with Gasteiger partial charge in [0.25, 0.3) is 0 Å². The number of rotatable bonds is 50.